The number of ether oxygens (including phenoxy) is 1. The number of anilines is 1. The molecule has 8 heteroatoms. The molecule has 2 aromatic heterocycles. The van der Waals surface area contributed by atoms with Crippen LogP contribution in [0.2, 0.25) is 0 Å². The molecule has 0 amide bonds. The first-order chi connectivity index (χ1) is 12.8. The molecule has 0 aromatic carbocycles. The molecule has 1 saturated heterocycles. The van der Waals surface area contributed by atoms with Gasteiger partial charge in [-0.05, 0) is 24.6 Å². The highest BCUT2D eigenvalue weighted by Gasteiger charge is 2.45. The van der Waals surface area contributed by atoms with E-state index in [1.807, 2.05) is 6.07 Å². The fourth-order valence-electron chi connectivity index (χ4n) is 3.04. The van der Waals surface area contributed by atoms with Crippen LogP contribution in [0, 0.1) is 5.92 Å². The Hall–Kier alpha value is -2.77. The first kappa shape index (κ1) is 19.0. The maximum Gasteiger partial charge on any atom is 0.341 e. The summed E-state index contributed by atoms with van der Waals surface area (Å²) in [4.78, 5) is 17.8. The lowest BCUT2D eigenvalue weighted by Gasteiger charge is -2.18. The molecule has 27 heavy (non-hydrogen) atoms. The second-order valence-corrected chi connectivity index (χ2v) is 6.61. The number of hydrogen-bond acceptors (Lipinski definition) is 5. The number of rotatable bonds is 6. The number of nitrogens with zero attached hydrogens (tertiary/aromatic N) is 4. The fourth-order valence-corrected chi connectivity index (χ4v) is 3.04. The molecule has 6 nitrogen and oxygen atoms in total. The molecule has 3 rings (SSSR count). The van der Waals surface area contributed by atoms with Gasteiger partial charge in [0.2, 0.25) is 0 Å². The summed E-state index contributed by atoms with van der Waals surface area (Å²) in [6.07, 6.45) is 4.63. The molecule has 1 aliphatic rings. The summed E-state index contributed by atoms with van der Waals surface area (Å²) in [5.41, 5.74) is 1.80. The molecule has 3 heterocycles. The highest BCUT2D eigenvalue weighted by Crippen LogP contribution is 2.35. The Labute approximate surface area is 156 Å². The summed E-state index contributed by atoms with van der Waals surface area (Å²) < 4.78 is 34.2. The Bertz CT molecular complexity index is 850. The van der Waals surface area contributed by atoms with Crippen LogP contribution in [-0.2, 0) is 11.3 Å². The molecule has 0 saturated carbocycles. The molecule has 1 atom stereocenters. The largest absolute Gasteiger partial charge is 0.462 e. The summed E-state index contributed by atoms with van der Waals surface area (Å²) in [6, 6.07) is 3.55. The predicted molar refractivity (Wildman–Crippen MR) is 97.9 cm³/mol. The molecule has 144 valence electrons. The second-order valence-electron chi connectivity index (χ2n) is 6.61. The van der Waals surface area contributed by atoms with Crippen molar-refractivity contribution >= 4 is 17.9 Å². The zero-order valence-corrected chi connectivity index (χ0v) is 15.4. The van der Waals surface area contributed by atoms with Crippen LogP contribution < -0.4 is 4.90 Å². The van der Waals surface area contributed by atoms with E-state index >= 15 is 0 Å². The van der Waals surface area contributed by atoms with Crippen molar-refractivity contribution in [2.24, 2.45) is 5.92 Å². The first-order valence-corrected chi connectivity index (χ1v) is 8.78. The van der Waals surface area contributed by atoms with Crippen molar-refractivity contribution in [1.29, 1.82) is 0 Å². The van der Waals surface area contributed by atoms with Gasteiger partial charge in [-0.2, -0.15) is 5.10 Å². The summed E-state index contributed by atoms with van der Waals surface area (Å²) in [7, 11) is 0. The summed E-state index contributed by atoms with van der Waals surface area (Å²) in [5.74, 6) is -3.35. The standard InChI is InChI=1S/C19H22F2N4O2/c1-4-16-14(10-25-11-15(8-22-25)18(26)27-5-2)6-7-17(23-16)24-9-13(3)19(20,21)12-24/h4,6-8,11,13H,1,5,9-10,12H2,2-3H3. The van der Waals surface area contributed by atoms with Gasteiger partial charge in [-0.25, -0.2) is 18.6 Å². The van der Waals surface area contributed by atoms with Crippen LogP contribution in [0.1, 0.15) is 35.5 Å². The van der Waals surface area contributed by atoms with Gasteiger partial charge >= 0.3 is 5.97 Å². The SMILES string of the molecule is C=Cc1nc(N2CC(C)C(F)(F)C2)ccc1Cn1cc(C(=O)OCC)cn1. The van der Waals surface area contributed by atoms with Crippen molar-refractivity contribution in [2.75, 3.05) is 24.6 Å². The molecular formula is C19H22F2N4O2. The van der Waals surface area contributed by atoms with E-state index in [0.29, 0.717) is 30.2 Å². The van der Waals surface area contributed by atoms with E-state index in [1.54, 1.807) is 41.8 Å². The minimum atomic E-state index is -2.72. The lowest BCUT2D eigenvalue weighted by atomic mass is 10.1. The van der Waals surface area contributed by atoms with Gasteiger partial charge in [0.05, 0.1) is 37.2 Å². The maximum absolute atomic E-state index is 13.8. The third kappa shape index (κ3) is 3.99. The molecule has 1 fully saturated rings. The van der Waals surface area contributed by atoms with Crippen LogP contribution in [0.3, 0.4) is 0 Å². The van der Waals surface area contributed by atoms with E-state index in [-0.39, 0.29) is 13.1 Å². The van der Waals surface area contributed by atoms with E-state index in [4.69, 9.17) is 4.74 Å². The average Bonchev–Trinajstić information content (AvgIpc) is 3.20. The number of esters is 1. The van der Waals surface area contributed by atoms with Crippen LogP contribution in [0.5, 0.6) is 0 Å². The number of hydrogen-bond donors (Lipinski definition) is 0. The zero-order chi connectivity index (χ0) is 19.6. The van der Waals surface area contributed by atoms with Crippen LogP contribution in [-0.4, -0.2) is 46.4 Å². The third-order valence-electron chi connectivity index (χ3n) is 4.61. The molecule has 0 spiro atoms. The highest BCUT2D eigenvalue weighted by atomic mass is 19.3. The lowest BCUT2D eigenvalue weighted by molar-refractivity contribution is -0.0138. The van der Waals surface area contributed by atoms with E-state index in [1.165, 1.54) is 6.20 Å². The highest BCUT2D eigenvalue weighted by molar-refractivity contribution is 5.88. The smallest absolute Gasteiger partial charge is 0.341 e. The minimum absolute atomic E-state index is 0.262. The fraction of sp³-hybridized carbons (Fsp3) is 0.421. The van der Waals surface area contributed by atoms with E-state index < -0.39 is 17.8 Å². The van der Waals surface area contributed by atoms with E-state index in [2.05, 4.69) is 16.7 Å². The second kappa shape index (κ2) is 7.46. The van der Waals surface area contributed by atoms with Crippen molar-refractivity contribution < 1.29 is 18.3 Å². The van der Waals surface area contributed by atoms with Crippen LogP contribution in [0.25, 0.3) is 6.08 Å². The van der Waals surface area contributed by atoms with Crippen molar-refractivity contribution in [3.8, 4) is 0 Å². The normalized spacial score (nSPS) is 18.5. The first-order valence-electron chi connectivity index (χ1n) is 8.78. The molecule has 0 aliphatic carbocycles. The predicted octanol–water partition coefficient (Wildman–Crippen LogP) is 3.24. The van der Waals surface area contributed by atoms with Gasteiger partial charge in [0.25, 0.3) is 5.92 Å². The molecule has 1 aliphatic heterocycles. The van der Waals surface area contributed by atoms with Crippen LogP contribution in [0.15, 0.2) is 31.1 Å². The van der Waals surface area contributed by atoms with E-state index in [9.17, 15) is 13.6 Å². The van der Waals surface area contributed by atoms with Crippen molar-refractivity contribution in [1.82, 2.24) is 14.8 Å². The summed E-state index contributed by atoms with van der Waals surface area (Å²) in [5, 5.41) is 4.16. The lowest BCUT2D eigenvalue weighted by Crippen LogP contribution is -2.27. The van der Waals surface area contributed by atoms with Crippen molar-refractivity contribution in [3.63, 3.8) is 0 Å². The Kier molecular flexibility index (Phi) is 5.25. The number of alkyl halides is 2. The Morgan fingerprint density at radius 2 is 2.26 bits per heavy atom. The van der Waals surface area contributed by atoms with Gasteiger partial charge in [-0.1, -0.05) is 19.6 Å². The van der Waals surface area contributed by atoms with Gasteiger partial charge in [0.15, 0.2) is 0 Å². The molecule has 1 unspecified atom stereocenters. The number of pyridine rings is 1. The Balaban J connectivity index is 1.78. The quantitative estimate of drug-likeness (QED) is 0.725. The Morgan fingerprint density at radius 1 is 1.48 bits per heavy atom. The molecule has 0 bridgehead atoms. The zero-order valence-electron chi connectivity index (χ0n) is 15.4. The molecule has 2 aromatic rings. The molecule has 0 N–H and O–H groups in total. The number of aromatic nitrogens is 3. The number of carbonyl (C=O) groups is 1. The molecular weight excluding hydrogens is 354 g/mol. The van der Waals surface area contributed by atoms with Crippen molar-refractivity contribution in [3.05, 3.63) is 47.9 Å². The summed E-state index contributed by atoms with van der Waals surface area (Å²) >= 11 is 0. The van der Waals surface area contributed by atoms with Gasteiger partial charge < -0.3 is 9.64 Å². The summed E-state index contributed by atoms with van der Waals surface area (Å²) in [6.45, 7) is 7.65. The topological polar surface area (TPSA) is 60.2 Å². The van der Waals surface area contributed by atoms with E-state index in [0.717, 1.165) is 5.56 Å². The molecule has 0 radical (unpaired) electrons. The maximum atomic E-state index is 13.8. The number of halogens is 2. The monoisotopic (exact) mass is 376 g/mol. The van der Waals surface area contributed by atoms with Gasteiger partial charge in [-0.3, -0.25) is 4.68 Å². The minimum Gasteiger partial charge on any atom is -0.462 e. The van der Waals surface area contributed by atoms with Crippen molar-refractivity contribution in [2.45, 2.75) is 26.3 Å². The van der Waals surface area contributed by atoms with Gasteiger partial charge in [0, 0.05) is 18.7 Å². The van der Waals surface area contributed by atoms with Gasteiger partial charge in [0.1, 0.15) is 5.82 Å². The number of carbonyl (C=O) groups excluding carboxylic acids is 1. The average molecular weight is 376 g/mol. The Morgan fingerprint density at radius 3 is 2.89 bits per heavy atom. The van der Waals surface area contributed by atoms with Crippen LogP contribution in [0.4, 0.5) is 14.6 Å². The van der Waals surface area contributed by atoms with Crippen LogP contribution >= 0.6 is 0 Å². The third-order valence-corrected chi connectivity index (χ3v) is 4.61. The van der Waals surface area contributed by atoms with Gasteiger partial charge in [-0.15, -0.1) is 0 Å².